The van der Waals surface area contributed by atoms with Crippen LogP contribution in [0.4, 0.5) is 0 Å². The van der Waals surface area contributed by atoms with Crippen molar-refractivity contribution in [3.05, 3.63) is 0 Å². The molecular formula is C12H22O3. The van der Waals surface area contributed by atoms with Crippen LogP contribution < -0.4 is 0 Å². The Bertz CT molecular complexity index is 187. The minimum Gasteiger partial charge on any atom is -0.466 e. The van der Waals surface area contributed by atoms with Crippen LogP contribution >= 0.6 is 0 Å². The zero-order chi connectivity index (χ0) is 11.5. The van der Waals surface area contributed by atoms with Gasteiger partial charge < -0.3 is 9.53 Å². The average molecular weight is 214 g/mol. The van der Waals surface area contributed by atoms with Crippen LogP contribution in [0, 0.1) is 0 Å². The molecule has 0 unspecified atom stereocenters. The molecule has 0 saturated heterocycles. The molecular weight excluding hydrogens is 192 g/mol. The number of Topliss-reactive ketones (excluding diaryl/α,β-unsaturated/α-hetero) is 1. The summed E-state index contributed by atoms with van der Waals surface area (Å²) >= 11 is 0. The third-order valence-electron chi connectivity index (χ3n) is 2.19. The van der Waals surface area contributed by atoms with Gasteiger partial charge in [0.1, 0.15) is 5.78 Å². The van der Waals surface area contributed by atoms with Crippen molar-refractivity contribution in [2.45, 2.75) is 58.8 Å². The summed E-state index contributed by atoms with van der Waals surface area (Å²) in [5.74, 6) is -0.212. The molecule has 15 heavy (non-hydrogen) atoms. The summed E-state index contributed by atoms with van der Waals surface area (Å²) in [7, 11) is 0. The third-order valence-corrected chi connectivity index (χ3v) is 2.19. The largest absolute Gasteiger partial charge is 0.466 e. The molecule has 0 aliphatic rings. The van der Waals surface area contributed by atoms with Crippen molar-refractivity contribution in [1.82, 2.24) is 0 Å². The standard InChI is InChI=1S/C12H22O3/c1-3-4-5-6-7-10-15-12(14)9-8-11(2)13/h3-10H2,1-2H3. The second-order valence-corrected chi connectivity index (χ2v) is 3.84. The highest BCUT2D eigenvalue weighted by molar-refractivity contribution is 5.80. The van der Waals surface area contributed by atoms with E-state index in [2.05, 4.69) is 6.92 Å². The molecule has 0 fully saturated rings. The number of ketones is 1. The predicted octanol–water partition coefficient (Wildman–Crippen LogP) is 2.87. The van der Waals surface area contributed by atoms with Gasteiger partial charge in [0.05, 0.1) is 13.0 Å². The molecule has 3 nitrogen and oxygen atoms in total. The number of hydrogen-bond acceptors (Lipinski definition) is 3. The van der Waals surface area contributed by atoms with Gasteiger partial charge in [-0.15, -0.1) is 0 Å². The summed E-state index contributed by atoms with van der Waals surface area (Å²) in [6, 6.07) is 0. The predicted molar refractivity (Wildman–Crippen MR) is 59.6 cm³/mol. The zero-order valence-corrected chi connectivity index (χ0v) is 9.88. The van der Waals surface area contributed by atoms with Gasteiger partial charge >= 0.3 is 5.97 Å². The first-order valence-corrected chi connectivity index (χ1v) is 5.82. The second-order valence-electron chi connectivity index (χ2n) is 3.84. The van der Waals surface area contributed by atoms with Gasteiger partial charge in [0, 0.05) is 6.42 Å². The molecule has 3 heteroatoms. The first-order chi connectivity index (χ1) is 7.16. The Morgan fingerprint density at radius 2 is 1.67 bits per heavy atom. The first-order valence-electron chi connectivity index (χ1n) is 5.82. The molecule has 88 valence electrons. The maximum atomic E-state index is 11.1. The van der Waals surface area contributed by atoms with E-state index < -0.39 is 0 Å². The van der Waals surface area contributed by atoms with Gasteiger partial charge in [-0.2, -0.15) is 0 Å². The second kappa shape index (κ2) is 9.69. The maximum Gasteiger partial charge on any atom is 0.306 e. The van der Waals surface area contributed by atoms with E-state index in [-0.39, 0.29) is 18.2 Å². The Hall–Kier alpha value is -0.860. The molecule has 0 aromatic heterocycles. The van der Waals surface area contributed by atoms with E-state index in [0.717, 1.165) is 12.8 Å². The smallest absolute Gasteiger partial charge is 0.306 e. The molecule has 0 atom stereocenters. The van der Waals surface area contributed by atoms with Crippen molar-refractivity contribution < 1.29 is 14.3 Å². The van der Waals surface area contributed by atoms with Crippen molar-refractivity contribution in [2.24, 2.45) is 0 Å². The summed E-state index contributed by atoms with van der Waals surface area (Å²) < 4.78 is 4.98. The van der Waals surface area contributed by atoms with Gasteiger partial charge in [-0.05, 0) is 13.3 Å². The normalized spacial score (nSPS) is 10.0. The molecule has 0 spiro atoms. The zero-order valence-electron chi connectivity index (χ0n) is 9.88. The van der Waals surface area contributed by atoms with E-state index in [0.29, 0.717) is 13.0 Å². The Labute approximate surface area is 92.2 Å². The molecule has 0 rings (SSSR count). The lowest BCUT2D eigenvalue weighted by molar-refractivity contribution is -0.144. The topological polar surface area (TPSA) is 43.4 Å². The highest BCUT2D eigenvalue weighted by Crippen LogP contribution is 2.03. The van der Waals surface area contributed by atoms with Gasteiger partial charge in [-0.3, -0.25) is 4.79 Å². The van der Waals surface area contributed by atoms with Crippen molar-refractivity contribution in [3.63, 3.8) is 0 Å². The fourth-order valence-corrected chi connectivity index (χ4v) is 1.24. The minimum atomic E-state index is -0.249. The summed E-state index contributed by atoms with van der Waals surface area (Å²) in [5, 5.41) is 0. The highest BCUT2D eigenvalue weighted by atomic mass is 16.5. The van der Waals surface area contributed by atoms with Crippen LogP contribution in [0.25, 0.3) is 0 Å². The van der Waals surface area contributed by atoms with Crippen molar-refractivity contribution in [1.29, 1.82) is 0 Å². The Morgan fingerprint density at radius 3 is 2.27 bits per heavy atom. The molecule has 0 aromatic carbocycles. The van der Waals surface area contributed by atoms with E-state index >= 15 is 0 Å². The van der Waals surface area contributed by atoms with E-state index in [9.17, 15) is 9.59 Å². The van der Waals surface area contributed by atoms with Gasteiger partial charge in [0.25, 0.3) is 0 Å². The fourth-order valence-electron chi connectivity index (χ4n) is 1.24. The quantitative estimate of drug-likeness (QED) is 0.438. The third kappa shape index (κ3) is 11.1. The molecule has 0 saturated carbocycles. The van der Waals surface area contributed by atoms with Crippen LogP contribution in [0.1, 0.15) is 58.8 Å². The Balaban J connectivity index is 3.20. The molecule has 0 aliphatic carbocycles. The van der Waals surface area contributed by atoms with E-state index in [1.807, 2.05) is 0 Å². The number of rotatable bonds is 9. The number of ether oxygens (including phenoxy) is 1. The average Bonchev–Trinajstić information content (AvgIpc) is 2.20. The molecule has 0 aromatic rings. The molecule has 0 amide bonds. The monoisotopic (exact) mass is 214 g/mol. The van der Waals surface area contributed by atoms with Crippen LogP contribution in [0.3, 0.4) is 0 Å². The molecule has 0 bridgehead atoms. The molecule has 0 N–H and O–H groups in total. The van der Waals surface area contributed by atoms with E-state index in [1.165, 1.54) is 26.2 Å². The van der Waals surface area contributed by atoms with Gasteiger partial charge in [-0.25, -0.2) is 0 Å². The molecule has 0 heterocycles. The highest BCUT2D eigenvalue weighted by Gasteiger charge is 2.03. The lowest BCUT2D eigenvalue weighted by atomic mass is 10.2. The molecule has 0 aliphatic heterocycles. The summed E-state index contributed by atoms with van der Waals surface area (Å²) in [5.41, 5.74) is 0. The SMILES string of the molecule is CCCCCCCOC(=O)CCC(C)=O. The first kappa shape index (κ1) is 14.1. The van der Waals surface area contributed by atoms with Gasteiger partial charge in [-0.1, -0.05) is 32.6 Å². The van der Waals surface area contributed by atoms with E-state index in [4.69, 9.17) is 4.74 Å². The van der Waals surface area contributed by atoms with Crippen molar-refractivity contribution in [3.8, 4) is 0 Å². The number of esters is 1. The van der Waals surface area contributed by atoms with Crippen LogP contribution in [-0.2, 0) is 14.3 Å². The number of carbonyl (C=O) groups is 2. The summed E-state index contributed by atoms with van der Waals surface area (Å²) in [6.07, 6.45) is 6.26. The van der Waals surface area contributed by atoms with Crippen LogP contribution in [-0.4, -0.2) is 18.4 Å². The van der Waals surface area contributed by atoms with Crippen molar-refractivity contribution in [2.75, 3.05) is 6.61 Å². The van der Waals surface area contributed by atoms with Gasteiger partial charge in [0.2, 0.25) is 0 Å². The number of hydrogen-bond donors (Lipinski definition) is 0. The lowest BCUT2D eigenvalue weighted by Gasteiger charge is -2.03. The fraction of sp³-hybridized carbons (Fsp3) is 0.833. The summed E-state index contributed by atoms with van der Waals surface area (Å²) in [4.78, 5) is 21.7. The van der Waals surface area contributed by atoms with Crippen LogP contribution in [0.2, 0.25) is 0 Å². The number of carbonyl (C=O) groups excluding carboxylic acids is 2. The lowest BCUT2D eigenvalue weighted by Crippen LogP contribution is -2.07. The number of unbranched alkanes of at least 4 members (excludes halogenated alkanes) is 4. The minimum absolute atomic E-state index is 0.0369. The van der Waals surface area contributed by atoms with Crippen molar-refractivity contribution >= 4 is 11.8 Å². The Kier molecular flexibility index (Phi) is 9.13. The van der Waals surface area contributed by atoms with Crippen LogP contribution in [0.5, 0.6) is 0 Å². The maximum absolute atomic E-state index is 11.1. The van der Waals surface area contributed by atoms with Gasteiger partial charge in [0.15, 0.2) is 0 Å². The molecule has 0 radical (unpaired) electrons. The van der Waals surface area contributed by atoms with Crippen LogP contribution in [0.15, 0.2) is 0 Å². The summed E-state index contributed by atoms with van der Waals surface area (Å²) in [6.45, 7) is 4.15. The van der Waals surface area contributed by atoms with E-state index in [1.54, 1.807) is 0 Å². The Morgan fingerprint density at radius 1 is 1.00 bits per heavy atom.